The van der Waals surface area contributed by atoms with Crippen molar-refractivity contribution in [3.05, 3.63) is 11.8 Å². The Balaban J connectivity index is 3.16. The first kappa shape index (κ1) is 22.2. The number of amides is 1. The van der Waals surface area contributed by atoms with Gasteiger partial charge in [-0.25, -0.2) is 4.79 Å². The van der Waals surface area contributed by atoms with E-state index in [1.165, 1.54) is 0 Å². The van der Waals surface area contributed by atoms with Gasteiger partial charge in [0.1, 0.15) is 5.76 Å². The van der Waals surface area contributed by atoms with E-state index in [0.717, 1.165) is 0 Å². The van der Waals surface area contributed by atoms with Gasteiger partial charge in [-0.05, 0) is 6.08 Å². The van der Waals surface area contributed by atoms with Crippen LogP contribution in [0.5, 0.6) is 0 Å². The van der Waals surface area contributed by atoms with Crippen molar-refractivity contribution in [1.29, 1.82) is 0 Å². The lowest BCUT2D eigenvalue weighted by molar-refractivity contribution is -0.382. The Kier molecular flexibility index (Phi) is 5.44. The van der Waals surface area contributed by atoms with Crippen LogP contribution in [0, 0.1) is 0 Å². The average Bonchev–Trinajstić information content (AvgIpc) is 2.45. The molecule has 1 amide bonds. The van der Waals surface area contributed by atoms with Crippen LogP contribution in [0.25, 0.3) is 0 Å². The van der Waals surface area contributed by atoms with Crippen molar-refractivity contribution >= 4 is 16.2 Å². The minimum atomic E-state index is -7.39. The molecule has 0 atom stereocenters. The van der Waals surface area contributed by atoms with Gasteiger partial charge in [-0.2, -0.15) is 47.9 Å². The summed E-state index contributed by atoms with van der Waals surface area (Å²) >= 11 is 0. The molecule has 0 aliphatic carbocycles. The molecule has 0 aromatic carbocycles. The third-order valence-corrected chi connectivity index (χ3v) is 4.40. The van der Waals surface area contributed by atoms with Gasteiger partial charge in [-0.15, -0.1) is 0 Å². The summed E-state index contributed by atoms with van der Waals surface area (Å²) in [4.78, 5) is 11.2. The second-order valence-electron chi connectivity index (χ2n) is 4.85. The van der Waals surface area contributed by atoms with Crippen molar-refractivity contribution < 1.29 is 62.0 Å². The summed E-state index contributed by atoms with van der Waals surface area (Å²) in [6, 6.07) is 0. The molecule has 0 aromatic rings. The molecule has 0 bridgehead atoms. The molecule has 16 heteroatoms. The Hall–Kier alpha value is -1.87. The molecule has 0 saturated carbocycles. The highest BCUT2D eigenvalue weighted by atomic mass is 32.2. The fraction of sp³-hybridized carbons (Fsp3) is 0.700. The Morgan fingerprint density at radius 1 is 1.04 bits per heavy atom. The lowest BCUT2D eigenvalue weighted by atomic mass is 10.1. The fourth-order valence-corrected chi connectivity index (χ4v) is 2.59. The summed E-state index contributed by atoms with van der Waals surface area (Å²) in [6.45, 7) is -1.15. The van der Waals surface area contributed by atoms with E-state index < -0.39 is 64.8 Å². The van der Waals surface area contributed by atoms with E-state index in [-0.39, 0.29) is 0 Å². The molecular weight excluding hydrogens is 417 g/mol. The van der Waals surface area contributed by atoms with Gasteiger partial charge in [0.2, 0.25) is 0 Å². The normalized spacial score (nSPS) is 17.7. The number of hydrogen-bond donors (Lipinski definition) is 1. The van der Waals surface area contributed by atoms with Gasteiger partial charge in [-0.1, -0.05) is 0 Å². The van der Waals surface area contributed by atoms with Crippen LogP contribution in [0.3, 0.4) is 0 Å². The lowest BCUT2D eigenvalue weighted by Crippen LogP contribution is -2.63. The molecule has 1 heterocycles. The Morgan fingerprint density at radius 3 is 1.88 bits per heavy atom. The Bertz CT molecular complexity index is 700. The van der Waals surface area contributed by atoms with Gasteiger partial charge in [0.15, 0.2) is 0 Å². The highest BCUT2D eigenvalue weighted by Crippen LogP contribution is 2.55. The zero-order valence-electron chi connectivity index (χ0n) is 12.0. The monoisotopic (exact) mass is 425 g/mol. The van der Waals surface area contributed by atoms with Crippen molar-refractivity contribution in [1.82, 2.24) is 4.90 Å². The largest absolute Gasteiger partial charge is 0.465 e. The molecular formula is C10H8F9NO5S. The highest BCUT2D eigenvalue weighted by Gasteiger charge is 2.86. The first-order valence-electron chi connectivity index (χ1n) is 6.19. The van der Waals surface area contributed by atoms with Crippen LogP contribution in [0.15, 0.2) is 11.8 Å². The number of hydrogen-bond acceptors (Lipinski definition) is 4. The first-order valence-corrected chi connectivity index (χ1v) is 7.60. The van der Waals surface area contributed by atoms with Crippen LogP contribution < -0.4 is 0 Å². The van der Waals surface area contributed by atoms with Crippen LogP contribution in [-0.2, 0) is 14.3 Å². The zero-order chi connectivity index (χ0) is 20.8. The molecule has 1 aliphatic rings. The topological polar surface area (TPSA) is 83.9 Å². The molecule has 0 aromatic heterocycles. The molecule has 1 N–H and O–H groups in total. The summed E-state index contributed by atoms with van der Waals surface area (Å²) in [5.74, 6) is -15.8. The summed E-state index contributed by atoms with van der Waals surface area (Å²) in [6.07, 6.45) is -8.87. The number of halogens is 9. The molecule has 0 unspecified atom stereocenters. The van der Waals surface area contributed by atoms with Gasteiger partial charge in [0.05, 0.1) is 0 Å². The van der Waals surface area contributed by atoms with E-state index in [2.05, 4.69) is 4.18 Å². The molecule has 1 rings (SSSR count). The standard InChI is InChI=1S/C10H8F9NO5S/c11-7(12,9(15,16)17)8(13,14)10(18,19)26(23,24)25-5-1-3-20(4-2-5)6(21)22/h1H,2-4H2,(H,21,22). The highest BCUT2D eigenvalue weighted by molar-refractivity contribution is 7.88. The molecule has 1 aliphatic heterocycles. The second kappa shape index (κ2) is 6.38. The number of carbonyl (C=O) groups is 1. The van der Waals surface area contributed by atoms with Gasteiger partial charge >= 0.3 is 39.5 Å². The number of carboxylic acid groups (broad SMARTS) is 1. The predicted octanol–water partition coefficient (Wildman–Crippen LogP) is 3.03. The Morgan fingerprint density at radius 2 is 1.54 bits per heavy atom. The van der Waals surface area contributed by atoms with Crippen LogP contribution in [0.1, 0.15) is 6.42 Å². The molecule has 0 saturated heterocycles. The molecule has 6 nitrogen and oxygen atoms in total. The lowest BCUT2D eigenvalue weighted by Gasteiger charge is -2.33. The van der Waals surface area contributed by atoms with Gasteiger partial charge in [-0.3, -0.25) is 0 Å². The van der Waals surface area contributed by atoms with Crippen molar-refractivity contribution in [3.63, 3.8) is 0 Å². The first-order chi connectivity index (χ1) is 11.4. The minimum absolute atomic E-state index is 0.530. The molecule has 0 radical (unpaired) electrons. The maximum Gasteiger partial charge on any atom is 0.460 e. The van der Waals surface area contributed by atoms with E-state index >= 15 is 0 Å². The maximum absolute atomic E-state index is 13.4. The van der Waals surface area contributed by atoms with Crippen LogP contribution in [-0.4, -0.2) is 60.9 Å². The summed E-state index contributed by atoms with van der Waals surface area (Å²) < 4.78 is 140. The molecule has 0 spiro atoms. The van der Waals surface area contributed by atoms with E-state index in [9.17, 15) is 52.7 Å². The summed E-state index contributed by atoms with van der Waals surface area (Å²) in [5, 5.41) is 1.63. The van der Waals surface area contributed by atoms with Crippen molar-refractivity contribution in [2.45, 2.75) is 29.7 Å². The van der Waals surface area contributed by atoms with E-state index in [1.807, 2.05) is 0 Å². The quantitative estimate of drug-likeness (QED) is 0.541. The average molecular weight is 425 g/mol. The smallest absolute Gasteiger partial charge is 0.460 e. The zero-order valence-corrected chi connectivity index (χ0v) is 12.9. The van der Waals surface area contributed by atoms with Crippen LogP contribution >= 0.6 is 0 Å². The summed E-state index contributed by atoms with van der Waals surface area (Å²) in [7, 11) is -7.00. The number of alkyl halides is 9. The number of nitrogens with zero attached hydrogens (tertiary/aromatic N) is 1. The van der Waals surface area contributed by atoms with Crippen molar-refractivity contribution in [2.75, 3.05) is 13.1 Å². The van der Waals surface area contributed by atoms with E-state index in [0.29, 0.717) is 11.0 Å². The SMILES string of the molecule is O=C(O)N1CC=C(OS(=O)(=O)C(F)(F)C(F)(F)C(F)(F)C(F)(F)F)CC1. The third kappa shape index (κ3) is 3.50. The van der Waals surface area contributed by atoms with Crippen molar-refractivity contribution in [3.8, 4) is 0 Å². The predicted molar refractivity (Wildman–Crippen MR) is 63.2 cm³/mol. The molecule has 152 valence electrons. The number of rotatable bonds is 5. The van der Waals surface area contributed by atoms with Gasteiger partial charge in [0.25, 0.3) is 0 Å². The van der Waals surface area contributed by atoms with Crippen LogP contribution in [0.2, 0.25) is 0 Å². The van der Waals surface area contributed by atoms with Crippen molar-refractivity contribution in [2.24, 2.45) is 0 Å². The second-order valence-corrected chi connectivity index (χ2v) is 6.44. The van der Waals surface area contributed by atoms with Gasteiger partial charge < -0.3 is 14.2 Å². The minimum Gasteiger partial charge on any atom is -0.465 e. The Labute approximate surface area is 138 Å². The van der Waals surface area contributed by atoms with Gasteiger partial charge in [0, 0.05) is 19.5 Å². The van der Waals surface area contributed by atoms with E-state index in [4.69, 9.17) is 5.11 Å². The maximum atomic E-state index is 13.4. The third-order valence-electron chi connectivity index (χ3n) is 3.08. The van der Waals surface area contributed by atoms with Crippen LogP contribution in [0.4, 0.5) is 44.3 Å². The molecule has 26 heavy (non-hydrogen) atoms. The molecule has 0 fully saturated rings. The fourth-order valence-electron chi connectivity index (χ4n) is 1.61. The summed E-state index contributed by atoms with van der Waals surface area (Å²) in [5.41, 5.74) is 0. The van der Waals surface area contributed by atoms with E-state index in [1.54, 1.807) is 0 Å².